The molecule has 0 unspecified atom stereocenters. The number of benzene rings is 2. The first-order valence-corrected chi connectivity index (χ1v) is 6.89. The van der Waals surface area contributed by atoms with E-state index in [1.807, 2.05) is 6.92 Å². The van der Waals surface area contributed by atoms with Gasteiger partial charge in [0.1, 0.15) is 11.5 Å². The highest BCUT2D eigenvalue weighted by atomic mass is 35.5. The highest BCUT2D eigenvalue weighted by Gasteiger charge is 2.09. The lowest BCUT2D eigenvalue weighted by atomic mass is 10.1. The Balaban J connectivity index is 2.16. The van der Waals surface area contributed by atoms with Crippen LogP contribution in [0.1, 0.15) is 28.4 Å². The molecule has 2 aromatic rings. The summed E-state index contributed by atoms with van der Waals surface area (Å²) in [7, 11) is 0. The molecule has 0 radical (unpaired) electrons. The SMILES string of the molecule is C/C(=N/NC(=O)c1ccc(C)c(Cl)c1)c1ccc(O)cc1O. The smallest absolute Gasteiger partial charge is 0.271 e. The van der Waals surface area contributed by atoms with E-state index in [1.165, 1.54) is 18.2 Å². The van der Waals surface area contributed by atoms with Crippen LogP contribution in [0, 0.1) is 6.92 Å². The fraction of sp³-hybridized carbons (Fsp3) is 0.125. The van der Waals surface area contributed by atoms with Crippen molar-refractivity contribution in [2.45, 2.75) is 13.8 Å². The van der Waals surface area contributed by atoms with Crippen molar-refractivity contribution in [1.29, 1.82) is 0 Å². The lowest BCUT2D eigenvalue weighted by molar-refractivity contribution is 0.0955. The molecule has 0 spiro atoms. The number of carbonyl (C=O) groups excluding carboxylic acids is 1. The normalized spacial score (nSPS) is 11.3. The Morgan fingerprint density at radius 3 is 2.55 bits per heavy atom. The Morgan fingerprint density at radius 2 is 1.91 bits per heavy atom. The number of amides is 1. The second-order valence-electron chi connectivity index (χ2n) is 4.80. The molecule has 0 aromatic heterocycles. The molecule has 2 rings (SSSR count). The van der Waals surface area contributed by atoms with E-state index in [4.69, 9.17) is 11.6 Å². The van der Waals surface area contributed by atoms with Gasteiger partial charge in [0, 0.05) is 22.2 Å². The zero-order valence-corrected chi connectivity index (χ0v) is 12.8. The van der Waals surface area contributed by atoms with Gasteiger partial charge in [0.25, 0.3) is 5.91 Å². The van der Waals surface area contributed by atoms with E-state index in [0.29, 0.717) is 21.9 Å². The number of aryl methyl sites for hydroxylation is 1. The maximum Gasteiger partial charge on any atom is 0.271 e. The van der Waals surface area contributed by atoms with Crippen LogP contribution in [-0.2, 0) is 0 Å². The number of nitrogens with zero attached hydrogens (tertiary/aromatic N) is 1. The monoisotopic (exact) mass is 318 g/mol. The zero-order valence-electron chi connectivity index (χ0n) is 12.1. The largest absolute Gasteiger partial charge is 0.508 e. The van der Waals surface area contributed by atoms with Crippen LogP contribution in [0.25, 0.3) is 0 Å². The van der Waals surface area contributed by atoms with Crippen LogP contribution in [0.5, 0.6) is 11.5 Å². The van der Waals surface area contributed by atoms with Crippen molar-refractivity contribution >= 4 is 23.2 Å². The van der Waals surface area contributed by atoms with E-state index in [9.17, 15) is 15.0 Å². The molecular weight excluding hydrogens is 304 g/mol. The first kappa shape index (κ1) is 15.9. The minimum absolute atomic E-state index is 0.0487. The minimum Gasteiger partial charge on any atom is -0.508 e. The maximum absolute atomic E-state index is 12.0. The number of hydrazone groups is 1. The summed E-state index contributed by atoms with van der Waals surface area (Å²) in [6.07, 6.45) is 0. The predicted octanol–water partition coefficient (Wildman–Crippen LogP) is 3.21. The molecule has 2 aromatic carbocycles. The van der Waals surface area contributed by atoms with Crippen molar-refractivity contribution in [2.75, 3.05) is 0 Å². The summed E-state index contributed by atoms with van der Waals surface area (Å²) < 4.78 is 0. The first-order chi connectivity index (χ1) is 10.4. The van der Waals surface area contributed by atoms with Crippen molar-refractivity contribution in [3.63, 3.8) is 0 Å². The van der Waals surface area contributed by atoms with Crippen LogP contribution in [0.4, 0.5) is 0 Å². The number of phenolic OH excluding ortho intramolecular Hbond substituents is 2. The fourth-order valence-electron chi connectivity index (χ4n) is 1.82. The second-order valence-corrected chi connectivity index (χ2v) is 5.21. The van der Waals surface area contributed by atoms with Crippen LogP contribution in [-0.4, -0.2) is 21.8 Å². The molecule has 5 nitrogen and oxygen atoms in total. The number of aromatic hydroxyl groups is 2. The van der Waals surface area contributed by atoms with Gasteiger partial charge in [-0.15, -0.1) is 0 Å². The number of rotatable bonds is 3. The summed E-state index contributed by atoms with van der Waals surface area (Å²) in [5.74, 6) is -0.569. The third-order valence-electron chi connectivity index (χ3n) is 3.13. The number of nitrogens with one attached hydrogen (secondary N) is 1. The van der Waals surface area contributed by atoms with E-state index >= 15 is 0 Å². The van der Waals surface area contributed by atoms with E-state index in [0.717, 1.165) is 5.56 Å². The van der Waals surface area contributed by atoms with Gasteiger partial charge in [0.2, 0.25) is 0 Å². The van der Waals surface area contributed by atoms with Crippen LogP contribution in [0.2, 0.25) is 5.02 Å². The van der Waals surface area contributed by atoms with Gasteiger partial charge in [0.15, 0.2) is 0 Å². The van der Waals surface area contributed by atoms with Crippen molar-refractivity contribution in [3.8, 4) is 11.5 Å². The van der Waals surface area contributed by atoms with Gasteiger partial charge in [0.05, 0.1) is 5.71 Å². The maximum atomic E-state index is 12.0. The van der Waals surface area contributed by atoms with Gasteiger partial charge >= 0.3 is 0 Å². The Kier molecular flexibility index (Phi) is 4.68. The molecule has 0 aliphatic heterocycles. The van der Waals surface area contributed by atoms with E-state index in [1.54, 1.807) is 25.1 Å². The van der Waals surface area contributed by atoms with Gasteiger partial charge in [-0.05, 0) is 43.7 Å². The van der Waals surface area contributed by atoms with Crippen LogP contribution >= 0.6 is 11.6 Å². The molecule has 0 heterocycles. The topological polar surface area (TPSA) is 81.9 Å². The summed E-state index contributed by atoms with van der Waals surface area (Å²) in [6.45, 7) is 3.48. The van der Waals surface area contributed by atoms with Crippen molar-refractivity contribution in [3.05, 3.63) is 58.1 Å². The zero-order chi connectivity index (χ0) is 16.3. The van der Waals surface area contributed by atoms with Gasteiger partial charge in [-0.1, -0.05) is 17.7 Å². The van der Waals surface area contributed by atoms with Gasteiger partial charge in [-0.2, -0.15) is 5.10 Å². The summed E-state index contributed by atoms with van der Waals surface area (Å²) in [5, 5.41) is 23.4. The lowest BCUT2D eigenvalue weighted by Gasteiger charge is -2.06. The summed E-state index contributed by atoms with van der Waals surface area (Å²) >= 11 is 5.98. The van der Waals surface area contributed by atoms with Gasteiger partial charge in [-0.3, -0.25) is 4.79 Å². The number of hydrogen-bond donors (Lipinski definition) is 3. The highest BCUT2D eigenvalue weighted by molar-refractivity contribution is 6.31. The molecule has 114 valence electrons. The molecule has 1 amide bonds. The molecule has 0 bridgehead atoms. The first-order valence-electron chi connectivity index (χ1n) is 6.51. The molecule has 0 fully saturated rings. The highest BCUT2D eigenvalue weighted by Crippen LogP contribution is 2.23. The summed E-state index contributed by atoms with van der Waals surface area (Å²) in [6, 6.07) is 9.11. The summed E-state index contributed by atoms with van der Waals surface area (Å²) in [5.41, 5.74) is 4.50. The van der Waals surface area contributed by atoms with Gasteiger partial charge < -0.3 is 10.2 Å². The molecule has 0 aliphatic carbocycles. The number of hydrogen-bond acceptors (Lipinski definition) is 4. The molecule has 3 N–H and O–H groups in total. The Labute approximate surface area is 132 Å². The second kappa shape index (κ2) is 6.49. The average molecular weight is 319 g/mol. The lowest BCUT2D eigenvalue weighted by Crippen LogP contribution is -2.19. The van der Waals surface area contributed by atoms with Crippen LogP contribution < -0.4 is 5.43 Å². The van der Waals surface area contributed by atoms with E-state index in [2.05, 4.69) is 10.5 Å². The van der Waals surface area contributed by atoms with E-state index < -0.39 is 5.91 Å². The molecule has 0 atom stereocenters. The molecule has 0 saturated carbocycles. The van der Waals surface area contributed by atoms with E-state index in [-0.39, 0.29) is 11.5 Å². The van der Waals surface area contributed by atoms with Crippen LogP contribution in [0.3, 0.4) is 0 Å². The summed E-state index contributed by atoms with van der Waals surface area (Å²) in [4.78, 5) is 12.0. The minimum atomic E-state index is -0.403. The Morgan fingerprint density at radius 1 is 1.18 bits per heavy atom. The number of phenols is 2. The van der Waals surface area contributed by atoms with Crippen molar-refractivity contribution in [1.82, 2.24) is 5.43 Å². The predicted molar refractivity (Wildman–Crippen MR) is 85.6 cm³/mol. The van der Waals surface area contributed by atoms with Gasteiger partial charge in [-0.25, -0.2) is 5.43 Å². The fourth-order valence-corrected chi connectivity index (χ4v) is 2.00. The number of halogens is 1. The molecule has 6 heteroatoms. The molecular formula is C16H15ClN2O3. The standard InChI is InChI=1S/C16H15ClN2O3/c1-9-3-4-11(7-14(9)17)16(22)19-18-10(2)13-6-5-12(20)8-15(13)21/h3-8,20-21H,1-2H3,(H,19,22)/b18-10-. The Hall–Kier alpha value is -2.53. The third kappa shape index (κ3) is 3.56. The molecule has 22 heavy (non-hydrogen) atoms. The molecule has 0 aliphatic rings. The van der Waals surface area contributed by atoms with Crippen LogP contribution in [0.15, 0.2) is 41.5 Å². The number of carbonyl (C=O) groups is 1. The molecule has 0 saturated heterocycles. The third-order valence-corrected chi connectivity index (χ3v) is 3.54. The van der Waals surface area contributed by atoms with Crippen molar-refractivity contribution in [2.24, 2.45) is 5.10 Å². The quantitative estimate of drug-likeness (QED) is 0.600. The Bertz CT molecular complexity index is 757. The average Bonchev–Trinajstić information content (AvgIpc) is 2.47. The van der Waals surface area contributed by atoms with Crippen molar-refractivity contribution < 1.29 is 15.0 Å².